The molecule has 158 valence electrons. The molecule has 3 rings (SSSR count). The smallest absolute Gasteiger partial charge is 0.229 e. The van der Waals surface area contributed by atoms with Crippen LogP contribution in [0.1, 0.15) is 26.3 Å². The van der Waals surface area contributed by atoms with Gasteiger partial charge >= 0.3 is 0 Å². The minimum Gasteiger partial charge on any atom is -0.508 e. The number of aromatic nitrogens is 1. The molecule has 0 aliphatic rings. The standard InChI is InChI=1S/C11H9ClN2OS.C11H15NO2/c12-9-7-13-16-11(9)14-10(15)6-8-4-2-1-3-5-8;1-11(2,3)10(14)12-8-4-6-9(13)7-5-8/h1-5,7H,6H2,(H,14,15);4-7,13H,1-3H3,(H,12,14). The summed E-state index contributed by atoms with van der Waals surface area (Å²) in [7, 11) is 0. The highest BCUT2D eigenvalue weighted by atomic mass is 35.5. The van der Waals surface area contributed by atoms with E-state index in [1.807, 2.05) is 51.1 Å². The van der Waals surface area contributed by atoms with Crippen LogP contribution in [-0.4, -0.2) is 21.3 Å². The minimum atomic E-state index is -0.405. The molecule has 0 radical (unpaired) electrons. The Balaban J connectivity index is 0.000000216. The first-order chi connectivity index (χ1) is 14.1. The molecule has 8 heteroatoms. The summed E-state index contributed by atoms with van der Waals surface area (Å²) in [6.45, 7) is 5.55. The molecule has 0 aliphatic carbocycles. The van der Waals surface area contributed by atoms with E-state index in [1.54, 1.807) is 12.1 Å². The molecule has 2 aromatic carbocycles. The number of nitrogens with zero attached hydrogens (tertiary/aromatic N) is 1. The number of carbonyl (C=O) groups excluding carboxylic acids is 2. The second kappa shape index (κ2) is 10.8. The quantitative estimate of drug-likeness (QED) is 0.472. The SMILES string of the molecule is CC(C)(C)C(=O)Nc1ccc(O)cc1.O=C(Cc1ccccc1)Nc1sncc1Cl. The van der Waals surface area contributed by atoms with Gasteiger partial charge in [-0.25, -0.2) is 0 Å². The highest BCUT2D eigenvalue weighted by Crippen LogP contribution is 2.25. The summed E-state index contributed by atoms with van der Waals surface area (Å²) in [6.07, 6.45) is 1.86. The molecule has 0 saturated carbocycles. The fourth-order valence-corrected chi connectivity index (χ4v) is 2.95. The second-order valence-corrected chi connectivity index (χ2v) is 8.67. The number of hydrogen-bond donors (Lipinski definition) is 3. The van der Waals surface area contributed by atoms with Crippen molar-refractivity contribution in [1.29, 1.82) is 0 Å². The van der Waals surface area contributed by atoms with Crippen LogP contribution in [0.5, 0.6) is 5.75 Å². The lowest BCUT2D eigenvalue weighted by atomic mass is 9.95. The number of carbonyl (C=O) groups is 2. The van der Waals surface area contributed by atoms with Crippen LogP contribution >= 0.6 is 23.1 Å². The molecule has 2 amide bonds. The van der Waals surface area contributed by atoms with E-state index in [-0.39, 0.29) is 17.6 Å². The third-order valence-electron chi connectivity index (χ3n) is 3.79. The van der Waals surface area contributed by atoms with Gasteiger partial charge in [-0.15, -0.1) is 0 Å². The molecule has 6 nitrogen and oxygen atoms in total. The molecular weight excluding hydrogens is 422 g/mol. The van der Waals surface area contributed by atoms with E-state index in [9.17, 15) is 9.59 Å². The van der Waals surface area contributed by atoms with E-state index in [1.165, 1.54) is 29.9 Å². The molecule has 0 saturated heterocycles. The highest BCUT2D eigenvalue weighted by Gasteiger charge is 2.20. The number of phenols is 1. The van der Waals surface area contributed by atoms with Gasteiger partial charge in [0.25, 0.3) is 0 Å². The topological polar surface area (TPSA) is 91.3 Å². The molecule has 0 unspecified atom stereocenters. The summed E-state index contributed by atoms with van der Waals surface area (Å²) < 4.78 is 3.88. The Morgan fingerprint density at radius 1 is 1.03 bits per heavy atom. The molecule has 3 aromatic rings. The summed E-state index contributed by atoms with van der Waals surface area (Å²) in [6, 6.07) is 16.0. The van der Waals surface area contributed by atoms with Crippen molar-refractivity contribution in [2.24, 2.45) is 5.41 Å². The van der Waals surface area contributed by atoms with E-state index in [2.05, 4.69) is 15.0 Å². The lowest BCUT2D eigenvalue weighted by molar-refractivity contribution is -0.123. The van der Waals surface area contributed by atoms with Gasteiger partial charge in [-0.3, -0.25) is 9.59 Å². The van der Waals surface area contributed by atoms with Gasteiger partial charge in [0.2, 0.25) is 11.8 Å². The molecule has 30 heavy (non-hydrogen) atoms. The van der Waals surface area contributed by atoms with Crippen LogP contribution in [0.3, 0.4) is 0 Å². The average molecular weight is 446 g/mol. The Hall–Kier alpha value is -2.90. The van der Waals surface area contributed by atoms with Gasteiger partial charge in [-0.05, 0) is 41.4 Å². The summed E-state index contributed by atoms with van der Waals surface area (Å²) >= 11 is 6.99. The van der Waals surface area contributed by atoms with E-state index in [4.69, 9.17) is 16.7 Å². The van der Waals surface area contributed by atoms with E-state index in [0.29, 0.717) is 22.1 Å². The van der Waals surface area contributed by atoms with Gasteiger partial charge in [0.05, 0.1) is 17.6 Å². The number of hydrogen-bond acceptors (Lipinski definition) is 5. The van der Waals surface area contributed by atoms with Crippen LogP contribution in [0, 0.1) is 5.41 Å². The summed E-state index contributed by atoms with van der Waals surface area (Å²) in [5, 5.41) is 15.6. The largest absolute Gasteiger partial charge is 0.508 e. The van der Waals surface area contributed by atoms with Crippen LogP contribution in [-0.2, 0) is 16.0 Å². The molecule has 0 fully saturated rings. The van der Waals surface area contributed by atoms with E-state index in [0.717, 1.165) is 5.56 Å². The number of amides is 2. The fraction of sp³-hybridized carbons (Fsp3) is 0.227. The number of halogens is 1. The van der Waals surface area contributed by atoms with Crippen molar-refractivity contribution in [3.05, 3.63) is 71.4 Å². The summed E-state index contributed by atoms with van der Waals surface area (Å²) in [5.41, 5.74) is 1.26. The Bertz CT molecular complexity index is 967. The van der Waals surface area contributed by atoms with Crippen LogP contribution in [0.2, 0.25) is 5.02 Å². The van der Waals surface area contributed by atoms with Gasteiger partial charge in [0, 0.05) is 11.1 Å². The zero-order chi connectivity index (χ0) is 22.1. The lowest BCUT2D eigenvalue weighted by Gasteiger charge is -2.17. The Labute approximate surface area is 185 Å². The Kier molecular flexibility index (Phi) is 8.38. The minimum absolute atomic E-state index is 0.0387. The second-order valence-electron chi connectivity index (χ2n) is 7.46. The van der Waals surface area contributed by atoms with Gasteiger partial charge in [0.1, 0.15) is 10.8 Å². The van der Waals surface area contributed by atoms with Crippen LogP contribution in [0.25, 0.3) is 0 Å². The van der Waals surface area contributed by atoms with Crippen molar-refractivity contribution in [3.8, 4) is 5.75 Å². The molecular formula is C22H24ClN3O3S. The Morgan fingerprint density at radius 3 is 2.20 bits per heavy atom. The van der Waals surface area contributed by atoms with Crippen molar-refractivity contribution in [2.75, 3.05) is 10.6 Å². The van der Waals surface area contributed by atoms with E-state index < -0.39 is 5.41 Å². The zero-order valence-electron chi connectivity index (χ0n) is 17.0. The normalized spacial score (nSPS) is 10.5. The van der Waals surface area contributed by atoms with E-state index >= 15 is 0 Å². The van der Waals surface area contributed by atoms with Gasteiger partial charge in [-0.1, -0.05) is 62.7 Å². The first-order valence-electron chi connectivity index (χ1n) is 9.19. The van der Waals surface area contributed by atoms with Gasteiger partial charge in [0.15, 0.2) is 0 Å². The zero-order valence-corrected chi connectivity index (χ0v) is 18.6. The molecule has 1 aromatic heterocycles. The van der Waals surface area contributed by atoms with Gasteiger partial charge in [-0.2, -0.15) is 4.37 Å². The lowest BCUT2D eigenvalue weighted by Crippen LogP contribution is -2.27. The molecule has 0 spiro atoms. The molecule has 3 N–H and O–H groups in total. The van der Waals surface area contributed by atoms with Crippen molar-refractivity contribution < 1.29 is 14.7 Å². The number of anilines is 2. The fourth-order valence-electron chi connectivity index (χ4n) is 2.13. The predicted octanol–water partition coefficient (Wildman–Crippen LogP) is 5.35. The molecule has 0 bridgehead atoms. The third-order valence-corrected chi connectivity index (χ3v) is 4.91. The monoisotopic (exact) mass is 445 g/mol. The third kappa shape index (κ3) is 7.85. The number of rotatable bonds is 4. The van der Waals surface area contributed by atoms with Crippen molar-refractivity contribution in [3.63, 3.8) is 0 Å². The Morgan fingerprint density at radius 2 is 1.67 bits per heavy atom. The molecule has 0 atom stereocenters. The predicted molar refractivity (Wildman–Crippen MR) is 122 cm³/mol. The first-order valence-corrected chi connectivity index (χ1v) is 10.3. The van der Waals surface area contributed by atoms with Gasteiger partial charge < -0.3 is 15.7 Å². The molecule has 0 aliphatic heterocycles. The highest BCUT2D eigenvalue weighted by molar-refractivity contribution is 7.11. The summed E-state index contributed by atoms with van der Waals surface area (Å²) in [5.74, 6) is 0.0688. The number of aromatic hydroxyl groups is 1. The number of nitrogens with one attached hydrogen (secondary N) is 2. The van der Waals surface area contributed by atoms with Crippen LogP contribution in [0.4, 0.5) is 10.7 Å². The number of phenolic OH excluding ortho intramolecular Hbond substituents is 1. The van der Waals surface area contributed by atoms with Crippen molar-refractivity contribution >= 4 is 45.6 Å². The van der Waals surface area contributed by atoms with Crippen molar-refractivity contribution in [2.45, 2.75) is 27.2 Å². The molecule has 1 heterocycles. The maximum absolute atomic E-state index is 11.6. The number of benzene rings is 2. The van der Waals surface area contributed by atoms with Crippen molar-refractivity contribution in [1.82, 2.24) is 4.37 Å². The summed E-state index contributed by atoms with van der Waals surface area (Å²) in [4.78, 5) is 23.2. The average Bonchev–Trinajstić information content (AvgIpc) is 3.08. The van der Waals surface area contributed by atoms with Crippen LogP contribution in [0.15, 0.2) is 60.8 Å². The first kappa shape index (κ1) is 23.4. The maximum atomic E-state index is 11.6. The van der Waals surface area contributed by atoms with Crippen LogP contribution < -0.4 is 10.6 Å². The maximum Gasteiger partial charge on any atom is 0.229 e.